The highest BCUT2D eigenvalue weighted by Crippen LogP contribution is 2.24. The van der Waals surface area contributed by atoms with Crippen LogP contribution in [0.4, 0.5) is 16.2 Å². The number of carbonyl (C=O) groups excluding carboxylic acids is 1. The van der Waals surface area contributed by atoms with Crippen LogP contribution in [-0.4, -0.2) is 21.9 Å². The van der Waals surface area contributed by atoms with E-state index in [1.165, 1.54) is 0 Å². The average molecular weight is 274 g/mol. The number of carbonyl (C=O) groups is 1. The molecule has 0 saturated heterocycles. The van der Waals surface area contributed by atoms with Gasteiger partial charge < -0.3 is 10.5 Å². The maximum atomic E-state index is 11.6. The molecule has 0 radical (unpaired) electrons. The topological polar surface area (TPSA) is 93.0 Å². The van der Waals surface area contributed by atoms with Crippen molar-refractivity contribution in [1.29, 1.82) is 0 Å². The van der Waals surface area contributed by atoms with Gasteiger partial charge in [0.05, 0.1) is 17.6 Å². The number of nitrogens with zero attached hydrogens (tertiary/aromatic N) is 1. The van der Waals surface area contributed by atoms with Crippen LogP contribution in [0.5, 0.6) is 0 Å². The average Bonchev–Trinajstić information content (AvgIpc) is 2.74. The molecule has 0 atom stereocenters. The van der Waals surface area contributed by atoms with Crippen molar-refractivity contribution in [3.63, 3.8) is 0 Å². The van der Waals surface area contributed by atoms with Gasteiger partial charge in [-0.1, -0.05) is 12.1 Å². The van der Waals surface area contributed by atoms with Crippen molar-refractivity contribution in [3.05, 3.63) is 30.5 Å². The minimum absolute atomic E-state index is 0.480. The molecule has 2 aromatic rings. The number of anilines is 2. The van der Waals surface area contributed by atoms with E-state index >= 15 is 0 Å². The van der Waals surface area contributed by atoms with E-state index in [9.17, 15) is 4.79 Å². The Morgan fingerprint density at radius 1 is 1.30 bits per heavy atom. The van der Waals surface area contributed by atoms with E-state index in [1.54, 1.807) is 18.3 Å². The van der Waals surface area contributed by atoms with Crippen LogP contribution in [0.1, 0.15) is 20.8 Å². The zero-order valence-corrected chi connectivity index (χ0v) is 11.7. The summed E-state index contributed by atoms with van der Waals surface area (Å²) in [4.78, 5) is 11.6. The lowest BCUT2D eigenvalue weighted by molar-refractivity contribution is 0.0636. The summed E-state index contributed by atoms with van der Waals surface area (Å²) < 4.78 is 5.18. The second kappa shape index (κ2) is 5.24. The Bertz CT molecular complexity index is 596. The predicted octanol–water partition coefficient (Wildman–Crippen LogP) is 3.01. The van der Waals surface area contributed by atoms with Gasteiger partial charge in [-0.2, -0.15) is 5.10 Å². The van der Waals surface area contributed by atoms with Gasteiger partial charge in [0.25, 0.3) is 0 Å². The number of ether oxygens (including phenoxy) is 1. The largest absolute Gasteiger partial charge is 0.444 e. The maximum absolute atomic E-state index is 11.6. The van der Waals surface area contributed by atoms with Crippen molar-refractivity contribution in [2.45, 2.75) is 26.4 Å². The number of nitrogens with one attached hydrogen (secondary N) is 2. The predicted molar refractivity (Wildman–Crippen MR) is 78.3 cm³/mol. The second-order valence-electron chi connectivity index (χ2n) is 5.40. The smallest absolute Gasteiger partial charge is 0.412 e. The van der Waals surface area contributed by atoms with Crippen LogP contribution in [0.3, 0.4) is 0 Å². The summed E-state index contributed by atoms with van der Waals surface area (Å²) in [6.07, 6.45) is 1.08. The molecule has 20 heavy (non-hydrogen) atoms. The molecule has 4 N–H and O–H groups in total. The first kappa shape index (κ1) is 13.9. The molecule has 0 unspecified atom stereocenters. The molecule has 6 nitrogen and oxygen atoms in total. The van der Waals surface area contributed by atoms with E-state index in [2.05, 4.69) is 15.5 Å². The summed E-state index contributed by atoms with van der Waals surface area (Å²) in [5, 5.41) is 9.36. The van der Waals surface area contributed by atoms with E-state index in [4.69, 9.17) is 10.5 Å². The number of benzene rings is 1. The van der Waals surface area contributed by atoms with Crippen LogP contribution in [0.15, 0.2) is 30.5 Å². The molecule has 0 fully saturated rings. The number of aromatic amines is 1. The summed E-state index contributed by atoms with van der Waals surface area (Å²) in [6, 6.07) is 7.24. The third kappa shape index (κ3) is 3.50. The Morgan fingerprint density at radius 2 is 1.95 bits per heavy atom. The van der Waals surface area contributed by atoms with E-state index in [-0.39, 0.29) is 0 Å². The highest BCUT2D eigenvalue weighted by Gasteiger charge is 2.16. The molecule has 1 aromatic heterocycles. The third-order valence-corrected chi connectivity index (χ3v) is 2.49. The van der Waals surface area contributed by atoms with Gasteiger partial charge in [-0.3, -0.25) is 10.4 Å². The Kier molecular flexibility index (Phi) is 3.65. The fourth-order valence-corrected chi connectivity index (χ4v) is 1.67. The van der Waals surface area contributed by atoms with Gasteiger partial charge in [-0.25, -0.2) is 4.79 Å². The molecule has 1 heterocycles. The van der Waals surface area contributed by atoms with Gasteiger partial charge in [-0.05, 0) is 32.9 Å². The van der Waals surface area contributed by atoms with E-state index in [0.717, 1.165) is 11.3 Å². The van der Waals surface area contributed by atoms with Crippen LogP contribution in [0.25, 0.3) is 11.3 Å². The zero-order valence-electron chi connectivity index (χ0n) is 11.7. The maximum Gasteiger partial charge on any atom is 0.412 e. The molecule has 2 rings (SSSR count). The number of hydrogen-bond donors (Lipinski definition) is 3. The molecule has 0 saturated carbocycles. The highest BCUT2D eigenvalue weighted by atomic mass is 16.6. The summed E-state index contributed by atoms with van der Waals surface area (Å²) in [7, 11) is 0. The number of H-pyrrole nitrogens is 1. The molecule has 0 aliphatic carbocycles. The Balaban J connectivity index is 2.06. The van der Waals surface area contributed by atoms with Crippen molar-refractivity contribution in [2.75, 3.05) is 11.1 Å². The summed E-state index contributed by atoms with van der Waals surface area (Å²) >= 11 is 0. The molecular formula is C14H18N4O2. The molecule has 1 amide bonds. The van der Waals surface area contributed by atoms with Crippen LogP contribution in [-0.2, 0) is 4.74 Å². The molecule has 1 aromatic carbocycles. The number of aromatic nitrogens is 2. The fourth-order valence-electron chi connectivity index (χ4n) is 1.67. The molecule has 0 bridgehead atoms. The number of hydrogen-bond acceptors (Lipinski definition) is 4. The molecule has 0 spiro atoms. The minimum Gasteiger partial charge on any atom is -0.444 e. The lowest BCUT2D eigenvalue weighted by Crippen LogP contribution is -2.27. The van der Waals surface area contributed by atoms with Gasteiger partial charge >= 0.3 is 6.09 Å². The van der Waals surface area contributed by atoms with Crippen molar-refractivity contribution in [1.82, 2.24) is 10.2 Å². The second-order valence-corrected chi connectivity index (χ2v) is 5.40. The molecule has 106 valence electrons. The van der Waals surface area contributed by atoms with Crippen molar-refractivity contribution < 1.29 is 9.53 Å². The Morgan fingerprint density at radius 3 is 2.45 bits per heavy atom. The Hall–Kier alpha value is -2.50. The first-order chi connectivity index (χ1) is 9.35. The zero-order chi connectivity index (χ0) is 14.8. The molecule has 6 heteroatoms. The lowest BCUT2D eigenvalue weighted by atomic mass is 10.1. The van der Waals surface area contributed by atoms with Crippen molar-refractivity contribution in [3.8, 4) is 11.3 Å². The quantitative estimate of drug-likeness (QED) is 0.784. The fraction of sp³-hybridized carbons (Fsp3) is 0.286. The first-order valence-corrected chi connectivity index (χ1v) is 6.24. The van der Waals surface area contributed by atoms with Crippen LogP contribution in [0, 0.1) is 0 Å². The third-order valence-electron chi connectivity index (χ3n) is 2.49. The van der Waals surface area contributed by atoms with E-state index < -0.39 is 11.7 Å². The summed E-state index contributed by atoms with van der Waals surface area (Å²) in [5.41, 5.74) is 8.15. The molecule has 0 aliphatic rings. The van der Waals surface area contributed by atoms with Crippen molar-refractivity contribution in [2.24, 2.45) is 0 Å². The summed E-state index contributed by atoms with van der Waals surface area (Å²) in [5.74, 6) is 0. The van der Waals surface area contributed by atoms with Gasteiger partial charge in [0.15, 0.2) is 0 Å². The van der Waals surface area contributed by atoms with Gasteiger partial charge in [-0.15, -0.1) is 0 Å². The number of nitrogens with two attached hydrogens (primary N) is 1. The standard InChI is InChI=1S/C14H18N4O2/c1-14(2,3)20-13(19)17-10-6-4-9(5-7-10)12-11(15)8-16-18-12/h4-8H,15H2,1-3H3,(H,16,18)(H,17,19). The monoisotopic (exact) mass is 274 g/mol. The lowest BCUT2D eigenvalue weighted by Gasteiger charge is -2.19. The van der Waals surface area contributed by atoms with E-state index in [1.807, 2.05) is 32.9 Å². The highest BCUT2D eigenvalue weighted by molar-refractivity contribution is 5.85. The molecular weight excluding hydrogens is 256 g/mol. The van der Waals surface area contributed by atoms with Gasteiger partial charge in [0.2, 0.25) is 0 Å². The van der Waals surface area contributed by atoms with Crippen LogP contribution in [0.2, 0.25) is 0 Å². The number of amides is 1. The van der Waals surface area contributed by atoms with Crippen LogP contribution >= 0.6 is 0 Å². The van der Waals surface area contributed by atoms with Crippen molar-refractivity contribution >= 4 is 17.5 Å². The van der Waals surface area contributed by atoms with Gasteiger partial charge in [0, 0.05) is 11.3 Å². The first-order valence-electron chi connectivity index (χ1n) is 6.24. The summed E-state index contributed by atoms with van der Waals surface area (Å²) in [6.45, 7) is 5.45. The SMILES string of the molecule is CC(C)(C)OC(=O)Nc1ccc(-c2[nH]ncc2N)cc1. The minimum atomic E-state index is -0.519. The molecule has 0 aliphatic heterocycles. The Labute approximate surface area is 117 Å². The normalized spacial score (nSPS) is 11.2. The number of nitrogen functional groups attached to an aromatic ring is 1. The van der Waals surface area contributed by atoms with E-state index in [0.29, 0.717) is 11.4 Å². The van der Waals surface area contributed by atoms with Gasteiger partial charge in [0.1, 0.15) is 5.60 Å². The number of rotatable bonds is 2. The van der Waals surface area contributed by atoms with Crippen LogP contribution < -0.4 is 11.1 Å².